The molecular formula is C19H28F3IN6O. The summed E-state index contributed by atoms with van der Waals surface area (Å²) in [5, 5.41) is 14.6. The van der Waals surface area contributed by atoms with E-state index in [1.807, 2.05) is 11.5 Å². The molecule has 0 aliphatic heterocycles. The second kappa shape index (κ2) is 12.6. The van der Waals surface area contributed by atoms with E-state index in [9.17, 15) is 13.2 Å². The van der Waals surface area contributed by atoms with Crippen LogP contribution in [0.5, 0.6) is 5.75 Å². The van der Waals surface area contributed by atoms with Crippen LogP contribution in [0.1, 0.15) is 38.6 Å². The van der Waals surface area contributed by atoms with Crippen molar-refractivity contribution in [2.45, 2.75) is 59.1 Å². The monoisotopic (exact) mass is 540 g/mol. The van der Waals surface area contributed by atoms with E-state index in [2.05, 4.69) is 44.4 Å². The van der Waals surface area contributed by atoms with Crippen LogP contribution >= 0.6 is 24.0 Å². The van der Waals surface area contributed by atoms with Gasteiger partial charge in [0, 0.05) is 25.6 Å². The van der Waals surface area contributed by atoms with Gasteiger partial charge in [-0.25, -0.2) is 4.99 Å². The predicted octanol–water partition coefficient (Wildman–Crippen LogP) is 3.89. The van der Waals surface area contributed by atoms with E-state index in [1.54, 1.807) is 18.5 Å². The molecule has 0 spiro atoms. The molecule has 11 heteroatoms. The molecule has 168 valence electrons. The third-order valence-electron chi connectivity index (χ3n) is 4.23. The summed E-state index contributed by atoms with van der Waals surface area (Å²) in [5.41, 5.74) is 0.775. The number of alkyl halides is 3. The molecule has 1 atom stereocenters. The Balaban J connectivity index is 0.00000450. The highest BCUT2D eigenvalue weighted by molar-refractivity contribution is 14.0. The van der Waals surface area contributed by atoms with Gasteiger partial charge in [-0.2, -0.15) is 0 Å². The van der Waals surface area contributed by atoms with Gasteiger partial charge < -0.3 is 19.9 Å². The fourth-order valence-electron chi connectivity index (χ4n) is 2.49. The Kier molecular flexibility index (Phi) is 10.9. The van der Waals surface area contributed by atoms with Crippen molar-refractivity contribution in [3.05, 3.63) is 42.0 Å². The molecule has 0 saturated carbocycles. The van der Waals surface area contributed by atoms with Crippen LogP contribution in [0.3, 0.4) is 0 Å². The zero-order valence-electron chi connectivity index (χ0n) is 17.2. The van der Waals surface area contributed by atoms with E-state index in [1.165, 1.54) is 12.1 Å². The number of aromatic nitrogens is 3. The number of guanidine groups is 1. The Morgan fingerprint density at radius 1 is 1.23 bits per heavy atom. The van der Waals surface area contributed by atoms with Gasteiger partial charge in [0.05, 0.1) is 6.54 Å². The molecular weight excluding hydrogens is 512 g/mol. The summed E-state index contributed by atoms with van der Waals surface area (Å²) in [7, 11) is 0. The molecule has 2 rings (SSSR count). The fourth-order valence-corrected chi connectivity index (χ4v) is 2.49. The molecule has 1 aromatic carbocycles. The van der Waals surface area contributed by atoms with Gasteiger partial charge in [0.25, 0.3) is 0 Å². The maximum Gasteiger partial charge on any atom is 0.573 e. The van der Waals surface area contributed by atoms with Crippen LogP contribution in [0.15, 0.2) is 35.6 Å². The number of aryl methyl sites for hydroxylation is 1. The Morgan fingerprint density at radius 3 is 2.53 bits per heavy atom. The standard InChI is InChI=1S/C19H27F3N6O.HI/c1-4-14(3)26-18(23-10-11-28-13-25-27-17(28)5-2)24-12-15-6-8-16(9-7-15)29-19(20,21)22;/h6-9,13-14H,4-5,10-12H2,1-3H3,(H2,23,24,26);1H. The van der Waals surface area contributed by atoms with Crippen LogP contribution in [0.25, 0.3) is 0 Å². The van der Waals surface area contributed by atoms with Crippen LogP contribution in [0.4, 0.5) is 13.2 Å². The molecule has 2 aromatic rings. The third-order valence-corrected chi connectivity index (χ3v) is 4.23. The van der Waals surface area contributed by atoms with Gasteiger partial charge in [0.1, 0.15) is 17.9 Å². The van der Waals surface area contributed by atoms with Gasteiger partial charge in [0.2, 0.25) is 0 Å². The van der Waals surface area contributed by atoms with Crippen LogP contribution < -0.4 is 15.4 Å². The van der Waals surface area contributed by atoms with E-state index in [0.29, 0.717) is 25.6 Å². The zero-order valence-corrected chi connectivity index (χ0v) is 19.6. The van der Waals surface area contributed by atoms with E-state index in [-0.39, 0.29) is 35.8 Å². The van der Waals surface area contributed by atoms with Gasteiger partial charge in [0.15, 0.2) is 5.96 Å². The van der Waals surface area contributed by atoms with Crippen molar-refractivity contribution in [2.24, 2.45) is 4.99 Å². The summed E-state index contributed by atoms with van der Waals surface area (Å²) >= 11 is 0. The Labute approximate surface area is 191 Å². The number of hydrogen-bond donors (Lipinski definition) is 2. The Bertz CT molecular complexity index is 779. The predicted molar refractivity (Wildman–Crippen MR) is 120 cm³/mol. The molecule has 7 nitrogen and oxygen atoms in total. The molecule has 0 aliphatic carbocycles. The lowest BCUT2D eigenvalue weighted by Crippen LogP contribution is -2.43. The first-order valence-corrected chi connectivity index (χ1v) is 9.57. The smallest absolute Gasteiger partial charge is 0.406 e. The minimum atomic E-state index is -4.70. The minimum Gasteiger partial charge on any atom is -0.406 e. The van der Waals surface area contributed by atoms with Crippen molar-refractivity contribution in [1.82, 2.24) is 25.4 Å². The molecule has 0 aliphatic rings. The summed E-state index contributed by atoms with van der Waals surface area (Å²) < 4.78 is 42.6. The number of hydrogen-bond acceptors (Lipinski definition) is 4. The van der Waals surface area contributed by atoms with Crippen molar-refractivity contribution in [3.63, 3.8) is 0 Å². The summed E-state index contributed by atoms with van der Waals surface area (Å²) in [6, 6.07) is 5.93. The topological polar surface area (TPSA) is 76.4 Å². The van der Waals surface area contributed by atoms with Gasteiger partial charge in [-0.15, -0.1) is 47.3 Å². The molecule has 0 radical (unpaired) electrons. The highest BCUT2D eigenvalue weighted by atomic mass is 127. The summed E-state index contributed by atoms with van der Waals surface area (Å²) in [6.07, 6.45) is -1.26. The molecule has 0 fully saturated rings. The average molecular weight is 540 g/mol. The minimum absolute atomic E-state index is 0. The molecule has 2 N–H and O–H groups in total. The van der Waals surface area contributed by atoms with Crippen molar-refractivity contribution < 1.29 is 17.9 Å². The first-order valence-electron chi connectivity index (χ1n) is 9.57. The number of nitrogens with one attached hydrogen (secondary N) is 2. The number of ether oxygens (including phenoxy) is 1. The van der Waals surface area contributed by atoms with Crippen LogP contribution in [0.2, 0.25) is 0 Å². The van der Waals surface area contributed by atoms with Crippen LogP contribution in [0, 0.1) is 0 Å². The Morgan fingerprint density at radius 2 is 1.93 bits per heavy atom. The van der Waals surface area contributed by atoms with Gasteiger partial charge >= 0.3 is 6.36 Å². The second-order valence-electron chi connectivity index (χ2n) is 6.53. The molecule has 1 heterocycles. The molecule has 0 amide bonds. The first-order chi connectivity index (χ1) is 13.8. The number of halogens is 4. The SMILES string of the molecule is CCc1nncn1CCNC(=NCc1ccc(OC(F)(F)F)cc1)NC(C)CC.I. The second-order valence-corrected chi connectivity index (χ2v) is 6.53. The molecule has 0 saturated heterocycles. The van der Waals surface area contributed by atoms with Gasteiger partial charge in [-0.1, -0.05) is 26.0 Å². The molecule has 1 aromatic heterocycles. The maximum atomic E-state index is 12.2. The normalized spacial score (nSPS) is 12.8. The van der Waals surface area contributed by atoms with Crippen molar-refractivity contribution in [1.29, 1.82) is 0 Å². The molecule has 0 bridgehead atoms. The van der Waals surface area contributed by atoms with Crippen molar-refractivity contribution >= 4 is 29.9 Å². The number of benzene rings is 1. The maximum absolute atomic E-state index is 12.2. The van der Waals surface area contributed by atoms with E-state index >= 15 is 0 Å². The highest BCUT2D eigenvalue weighted by Gasteiger charge is 2.30. The Hall–Kier alpha value is -2.05. The lowest BCUT2D eigenvalue weighted by atomic mass is 10.2. The summed E-state index contributed by atoms with van der Waals surface area (Å²) in [4.78, 5) is 4.54. The first kappa shape index (κ1) is 26.0. The molecule has 30 heavy (non-hydrogen) atoms. The lowest BCUT2D eigenvalue weighted by Gasteiger charge is -2.17. The van der Waals surface area contributed by atoms with Gasteiger partial charge in [-0.3, -0.25) is 0 Å². The molecule has 1 unspecified atom stereocenters. The summed E-state index contributed by atoms with van der Waals surface area (Å²) in [6.45, 7) is 7.79. The van der Waals surface area contributed by atoms with E-state index in [0.717, 1.165) is 24.2 Å². The number of rotatable bonds is 9. The van der Waals surface area contributed by atoms with Crippen molar-refractivity contribution in [3.8, 4) is 5.75 Å². The van der Waals surface area contributed by atoms with E-state index < -0.39 is 6.36 Å². The number of aliphatic imine (C=N–C) groups is 1. The quantitative estimate of drug-likeness (QED) is 0.287. The highest BCUT2D eigenvalue weighted by Crippen LogP contribution is 2.22. The largest absolute Gasteiger partial charge is 0.573 e. The van der Waals surface area contributed by atoms with Crippen LogP contribution in [-0.2, 0) is 19.5 Å². The number of nitrogens with zero attached hydrogens (tertiary/aromatic N) is 4. The third kappa shape index (κ3) is 9.18. The van der Waals surface area contributed by atoms with Gasteiger partial charge in [-0.05, 0) is 31.0 Å². The average Bonchev–Trinajstić information content (AvgIpc) is 3.13. The van der Waals surface area contributed by atoms with E-state index in [4.69, 9.17) is 0 Å². The lowest BCUT2D eigenvalue weighted by molar-refractivity contribution is -0.274. The summed E-state index contributed by atoms with van der Waals surface area (Å²) in [5.74, 6) is 1.31. The van der Waals surface area contributed by atoms with Crippen LogP contribution in [-0.4, -0.2) is 39.7 Å². The van der Waals surface area contributed by atoms with Crippen molar-refractivity contribution in [2.75, 3.05) is 6.54 Å². The fraction of sp³-hybridized carbons (Fsp3) is 0.526. The zero-order chi connectivity index (χ0) is 21.3.